The molecular formula is C32H32N2O4. The van der Waals surface area contributed by atoms with Crippen molar-refractivity contribution in [2.75, 3.05) is 9.80 Å². The van der Waals surface area contributed by atoms with Gasteiger partial charge in [0.15, 0.2) is 0 Å². The lowest BCUT2D eigenvalue weighted by molar-refractivity contribution is -0.00655. The molecule has 0 aliphatic heterocycles. The minimum absolute atomic E-state index is 0.478. The second-order valence-corrected chi connectivity index (χ2v) is 8.67. The highest BCUT2D eigenvalue weighted by Crippen LogP contribution is 2.29. The summed E-state index contributed by atoms with van der Waals surface area (Å²) >= 11 is 0. The van der Waals surface area contributed by atoms with Gasteiger partial charge < -0.3 is 9.47 Å². The number of ether oxygens (including phenoxy) is 2. The van der Waals surface area contributed by atoms with Crippen molar-refractivity contribution in [3.63, 3.8) is 0 Å². The maximum absolute atomic E-state index is 13.5. The van der Waals surface area contributed by atoms with Crippen LogP contribution in [0.2, 0.25) is 0 Å². The highest BCUT2D eigenvalue weighted by molar-refractivity contribution is 5.97. The lowest BCUT2D eigenvalue weighted by Crippen LogP contribution is -2.40. The van der Waals surface area contributed by atoms with Gasteiger partial charge in [0, 0.05) is 0 Å². The van der Waals surface area contributed by atoms with E-state index in [1.807, 2.05) is 135 Å². The third-order valence-corrected chi connectivity index (χ3v) is 6.15. The highest BCUT2D eigenvalue weighted by atomic mass is 16.6. The van der Waals surface area contributed by atoms with Gasteiger partial charge in [0.2, 0.25) is 0 Å². The van der Waals surface area contributed by atoms with Crippen LogP contribution in [0.3, 0.4) is 0 Å². The Kier molecular flexibility index (Phi) is 9.13. The number of hydrogen-bond acceptors (Lipinski definition) is 4. The van der Waals surface area contributed by atoms with Crippen LogP contribution >= 0.6 is 0 Å². The first-order valence-electron chi connectivity index (χ1n) is 12.8. The monoisotopic (exact) mass is 508 g/mol. The largest absolute Gasteiger partial charge is 0.442 e. The predicted octanol–water partition coefficient (Wildman–Crippen LogP) is 8.49. The summed E-state index contributed by atoms with van der Waals surface area (Å²) in [6.45, 7) is 3.83. The topological polar surface area (TPSA) is 59.1 Å². The van der Waals surface area contributed by atoms with E-state index in [0.29, 0.717) is 35.6 Å². The summed E-state index contributed by atoms with van der Waals surface area (Å²) in [6, 6.07) is 37.3. The molecule has 0 spiro atoms. The van der Waals surface area contributed by atoms with Crippen LogP contribution in [0.15, 0.2) is 121 Å². The second-order valence-electron chi connectivity index (χ2n) is 8.67. The normalized spacial score (nSPS) is 12.2. The molecule has 2 atom stereocenters. The van der Waals surface area contributed by atoms with Crippen LogP contribution in [-0.4, -0.2) is 24.4 Å². The average molecular weight is 509 g/mol. The standard InChI is InChI=1S/C32H32N2O4/c1-3-29(37-31(35)33(25-17-9-5-10-18-25)26-19-11-6-12-20-26)30(4-2)38-32(36)34(27-21-13-7-14-22-27)28-23-15-8-16-24-28/h5-24,29-30H,3-4H2,1-2H3. The van der Waals surface area contributed by atoms with Gasteiger partial charge >= 0.3 is 12.2 Å². The SMILES string of the molecule is CCC(OC(=O)N(c1ccccc1)c1ccccc1)C(CC)OC(=O)N(c1ccccc1)c1ccccc1. The van der Waals surface area contributed by atoms with Crippen molar-refractivity contribution in [2.45, 2.75) is 38.9 Å². The minimum atomic E-state index is -0.639. The van der Waals surface area contributed by atoms with Crippen LogP contribution in [0.25, 0.3) is 0 Å². The van der Waals surface area contributed by atoms with Gasteiger partial charge in [-0.3, -0.25) is 0 Å². The molecule has 4 aromatic rings. The Labute approximate surface area is 224 Å². The zero-order valence-electron chi connectivity index (χ0n) is 21.6. The van der Waals surface area contributed by atoms with Crippen molar-refractivity contribution in [1.82, 2.24) is 0 Å². The smallest absolute Gasteiger partial charge is 0.419 e. The number of hydrogen-bond donors (Lipinski definition) is 0. The fraction of sp³-hybridized carbons (Fsp3) is 0.188. The van der Waals surface area contributed by atoms with Gasteiger partial charge in [-0.25, -0.2) is 19.4 Å². The van der Waals surface area contributed by atoms with Gasteiger partial charge in [0.1, 0.15) is 12.2 Å². The van der Waals surface area contributed by atoms with Crippen LogP contribution < -0.4 is 9.80 Å². The fourth-order valence-corrected chi connectivity index (χ4v) is 4.24. The molecule has 6 heteroatoms. The lowest BCUT2D eigenvalue weighted by Gasteiger charge is -2.31. The molecule has 0 aliphatic rings. The Balaban J connectivity index is 1.56. The Morgan fingerprint density at radius 2 is 0.737 bits per heavy atom. The van der Waals surface area contributed by atoms with Crippen molar-refractivity contribution in [3.05, 3.63) is 121 Å². The van der Waals surface area contributed by atoms with Crippen molar-refractivity contribution in [3.8, 4) is 0 Å². The number of carbonyl (C=O) groups is 2. The summed E-state index contributed by atoms with van der Waals surface area (Å²) in [6.07, 6.45) is -1.39. The number of nitrogens with zero attached hydrogens (tertiary/aromatic N) is 2. The summed E-state index contributed by atoms with van der Waals surface area (Å²) in [5.74, 6) is 0. The third-order valence-electron chi connectivity index (χ3n) is 6.15. The van der Waals surface area contributed by atoms with Gasteiger partial charge in [-0.15, -0.1) is 0 Å². The molecule has 0 N–H and O–H groups in total. The molecule has 2 amide bonds. The van der Waals surface area contributed by atoms with Crippen molar-refractivity contribution in [2.24, 2.45) is 0 Å². The van der Waals surface area contributed by atoms with E-state index in [1.54, 1.807) is 0 Å². The highest BCUT2D eigenvalue weighted by Gasteiger charge is 2.31. The molecule has 194 valence electrons. The van der Waals surface area contributed by atoms with Crippen molar-refractivity contribution >= 4 is 34.9 Å². The molecule has 0 heterocycles. The van der Waals surface area contributed by atoms with E-state index in [9.17, 15) is 9.59 Å². The van der Waals surface area contributed by atoms with E-state index in [1.165, 1.54) is 9.80 Å². The Bertz CT molecular complexity index is 1100. The average Bonchev–Trinajstić information content (AvgIpc) is 2.97. The Hall–Kier alpha value is -4.58. The molecule has 0 saturated carbocycles. The zero-order valence-corrected chi connectivity index (χ0v) is 21.6. The van der Waals surface area contributed by atoms with E-state index < -0.39 is 24.4 Å². The summed E-state index contributed by atoms with van der Waals surface area (Å²) < 4.78 is 12.0. The van der Waals surface area contributed by atoms with E-state index >= 15 is 0 Å². The van der Waals surface area contributed by atoms with Crippen LogP contribution in [0.1, 0.15) is 26.7 Å². The number of anilines is 4. The molecule has 4 aromatic carbocycles. The summed E-state index contributed by atoms with van der Waals surface area (Å²) in [5.41, 5.74) is 2.73. The minimum Gasteiger partial charge on any atom is -0.442 e. The summed E-state index contributed by atoms with van der Waals surface area (Å²) in [5, 5.41) is 0. The number of para-hydroxylation sites is 4. The Morgan fingerprint density at radius 3 is 0.947 bits per heavy atom. The van der Waals surface area contributed by atoms with E-state index in [-0.39, 0.29) is 0 Å². The van der Waals surface area contributed by atoms with E-state index in [2.05, 4.69) is 0 Å². The predicted molar refractivity (Wildman–Crippen MR) is 151 cm³/mol. The molecule has 0 radical (unpaired) electrons. The van der Waals surface area contributed by atoms with Gasteiger partial charge in [0.25, 0.3) is 0 Å². The number of amides is 2. The van der Waals surface area contributed by atoms with Crippen LogP contribution in [-0.2, 0) is 9.47 Å². The summed E-state index contributed by atoms with van der Waals surface area (Å²) in [4.78, 5) is 30.1. The molecule has 0 saturated heterocycles. The van der Waals surface area contributed by atoms with Crippen molar-refractivity contribution in [1.29, 1.82) is 0 Å². The van der Waals surface area contributed by atoms with Gasteiger partial charge in [-0.1, -0.05) is 86.6 Å². The van der Waals surface area contributed by atoms with Gasteiger partial charge in [-0.2, -0.15) is 0 Å². The molecule has 4 rings (SSSR count). The summed E-state index contributed by atoms with van der Waals surface area (Å²) in [7, 11) is 0. The molecular weight excluding hydrogens is 476 g/mol. The van der Waals surface area contributed by atoms with Crippen LogP contribution in [0.5, 0.6) is 0 Å². The quantitative estimate of drug-likeness (QED) is 0.227. The second kappa shape index (κ2) is 13.1. The number of rotatable bonds is 9. The van der Waals surface area contributed by atoms with Gasteiger partial charge in [0.05, 0.1) is 22.7 Å². The van der Waals surface area contributed by atoms with E-state index in [0.717, 1.165) is 0 Å². The Morgan fingerprint density at radius 1 is 0.500 bits per heavy atom. The van der Waals surface area contributed by atoms with Crippen molar-refractivity contribution < 1.29 is 19.1 Å². The molecule has 0 bridgehead atoms. The molecule has 6 nitrogen and oxygen atoms in total. The third kappa shape index (κ3) is 6.40. The maximum Gasteiger partial charge on any atom is 0.419 e. The first kappa shape index (κ1) is 26.5. The molecule has 2 unspecified atom stereocenters. The first-order valence-corrected chi connectivity index (χ1v) is 12.8. The number of benzene rings is 4. The molecule has 0 fully saturated rings. The molecule has 0 aromatic heterocycles. The van der Waals surface area contributed by atoms with E-state index in [4.69, 9.17) is 9.47 Å². The lowest BCUT2D eigenvalue weighted by atomic mass is 10.1. The van der Waals surface area contributed by atoms with Crippen LogP contribution in [0.4, 0.5) is 32.3 Å². The fourth-order valence-electron chi connectivity index (χ4n) is 4.24. The zero-order chi connectivity index (χ0) is 26.7. The first-order chi connectivity index (χ1) is 18.6. The molecule has 0 aliphatic carbocycles. The van der Waals surface area contributed by atoms with Gasteiger partial charge in [-0.05, 0) is 61.4 Å². The number of carbonyl (C=O) groups excluding carboxylic acids is 2. The molecule has 38 heavy (non-hydrogen) atoms. The maximum atomic E-state index is 13.5. The van der Waals surface area contributed by atoms with Crippen LogP contribution in [0, 0.1) is 0 Å².